The van der Waals surface area contributed by atoms with Crippen molar-refractivity contribution in [3.63, 3.8) is 0 Å². The third-order valence-electron chi connectivity index (χ3n) is 5.07. The molecule has 2 aliphatic rings. The van der Waals surface area contributed by atoms with Crippen LogP contribution in [-0.4, -0.2) is 24.0 Å². The summed E-state index contributed by atoms with van der Waals surface area (Å²) in [5, 5.41) is 0.787. The first-order valence-corrected chi connectivity index (χ1v) is 9.48. The molecule has 27 heavy (non-hydrogen) atoms. The van der Waals surface area contributed by atoms with Gasteiger partial charge in [-0.3, -0.25) is 9.69 Å². The summed E-state index contributed by atoms with van der Waals surface area (Å²) in [7, 11) is 0. The number of fused-ring (bicyclic) bond motifs is 3. The lowest BCUT2D eigenvalue weighted by atomic mass is 9.98. The number of benzene rings is 2. The lowest BCUT2D eigenvalue weighted by Gasteiger charge is -2.30. The number of carbonyl (C=O) groups is 1. The fourth-order valence-electron chi connectivity index (χ4n) is 3.62. The fraction of sp³-hybridized carbons (Fsp3) is 0.318. The number of allylic oxidation sites excluding steroid dienone is 2. The van der Waals surface area contributed by atoms with Gasteiger partial charge in [0, 0.05) is 18.1 Å². The van der Waals surface area contributed by atoms with Crippen molar-refractivity contribution >= 4 is 17.4 Å². The second-order valence-electron chi connectivity index (χ2n) is 7.30. The molecule has 0 aromatic heterocycles. The predicted molar refractivity (Wildman–Crippen MR) is 106 cm³/mol. The van der Waals surface area contributed by atoms with Crippen LogP contribution < -0.4 is 9.47 Å². The monoisotopic (exact) mass is 383 g/mol. The molecule has 2 aromatic carbocycles. The van der Waals surface area contributed by atoms with Gasteiger partial charge in [-0.05, 0) is 56.0 Å². The number of ketones is 1. The van der Waals surface area contributed by atoms with Crippen LogP contribution in [0.25, 0.3) is 0 Å². The zero-order chi connectivity index (χ0) is 19.1. The highest BCUT2D eigenvalue weighted by Crippen LogP contribution is 2.44. The Kier molecular flexibility index (Phi) is 4.70. The number of ether oxygens (including phenoxy) is 2. The maximum Gasteiger partial charge on any atom is 0.232 e. The quantitative estimate of drug-likeness (QED) is 0.706. The molecule has 0 aliphatic carbocycles. The van der Waals surface area contributed by atoms with Gasteiger partial charge in [0.15, 0.2) is 5.76 Å². The molecule has 0 amide bonds. The molecule has 0 bridgehead atoms. The van der Waals surface area contributed by atoms with Crippen LogP contribution in [0.2, 0.25) is 5.02 Å². The molecule has 0 atom stereocenters. The summed E-state index contributed by atoms with van der Waals surface area (Å²) in [6, 6.07) is 9.85. The molecule has 2 aliphatic heterocycles. The van der Waals surface area contributed by atoms with Crippen molar-refractivity contribution in [3.8, 4) is 11.5 Å². The number of hydrogen-bond acceptors (Lipinski definition) is 4. The van der Waals surface area contributed by atoms with Crippen LogP contribution in [0.4, 0.5) is 0 Å². The molecule has 2 aromatic rings. The molecule has 4 nitrogen and oxygen atoms in total. The molecule has 0 saturated heterocycles. The summed E-state index contributed by atoms with van der Waals surface area (Å²) in [6.07, 6.45) is 0.839. The van der Waals surface area contributed by atoms with Crippen molar-refractivity contribution in [1.82, 2.24) is 4.90 Å². The molecule has 2 heterocycles. The molecule has 140 valence electrons. The van der Waals surface area contributed by atoms with Gasteiger partial charge in [0.2, 0.25) is 5.78 Å². The third kappa shape index (κ3) is 3.24. The van der Waals surface area contributed by atoms with E-state index in [9.17, 15) is 4.79 Å². The topological polar surface area (TPSA) is 38.8 Å². The first-order valence-electron chi connectivity index (χ1n) is 9.10. The van der Waals surface area contributed by atoms with E-state index in [2.05, 4.69) is 4.90 Å². The van der Waals surface area contributed by atoms with Gasteiger partial charge in [0.05, 0.1) is 11.1 Å². The van der Waals surface area contributed by atoms with E-state index in [1.165, 1.54) is 0 Å². The van der Waals surface area contributed by atoms with Crippen molar-refractivity contribution in [2.45, 2.75) is 33.7 Å². The number of hydrogen-bond donors (Lipinski definition) is 0. The molecule has 5 heteroatoms. The van der Waals surface area contributed by atoms with Crippen molar-refractivity contribution in [1.29, 1.82) is 0 Å². The molecule has 0 saturated carbocycles. The normalized spacial score (nSPS) is 15.9. The van der Waals surface area contributed by atoms with Crippen LogP contribution >= 0.6 is 11.6 Å². The summed E-state index contributed by atoms with van der Waals surface area (Å²) < 4.78 is 12.0. The predicted octanol–water partition coefficient (Wildman–Crippen LogP) is 4.91. The zero-order valence-corrected chi connectivity index (χ0v) is 16.5. The van der Waals surface area contributed by atoms with Gasteiger partial charge in [-0.25, -0.2) is 0 Å². The van der Waals surface area contributed by atoms with Gasteiger partial charge >= 0.3 is 0 Å². The Hall–Kier alpha value is -2.30. The second-order valence-corrected chi connectivity index (χ2v) is 7.71. The maximum atomic E-state index is 12.7. The molecule has 0 spiro atoms. The Labute approximate surface area is 164 Å². The van der Waals surface area contributed by atoms with E-state index >= 15 is 0 Å². The maximum absolute atomic E-state index is 12.7. The van der Waals surface area contributed by atoms with Crippen LogP contribution in [0.1, 0.15) is 40.9 Å². The van der Waals surface area contributed by atoms with E-state index in [0.29, 0.717) is 30.3 Å². The van der Waals surface area contributed by atoms with Crippen molar-refractivity contribution in [2.75, 3.05) is 13.3 Å². The van der Waals surface area contributed by atoms with Crippen LogP contribution in [0, 0.1) is 6.92 Å². The van der Waals surface area contributed by atoms with Gasteiger partial charge < -0.3 is 9.47 Å². The number of nitrogens with zero attached hydrogens (tertiary/aromatic N) is 1. The molecular formula is C22H22ClNO3. The Morgan fingerprint density at radius 3 is 2.78 bits per heavy atom. The molecule has 0 fully saturated rings. The van der Waals surface area contributed by atoms with Crippen molar-refractivity contribution < 1.29 is 14.3 Å². The van der Waals surface area contributed by atoms with Crippen LogP contribution in [0.5, 0.6) is 11.5 Å². The molecule has 0 N–H and O–H groups in total. The third-order valence-corrected chi connectivity index (χ3v) is 5.44. The van der Waals surface area contributed by atoms with E-state index in [1.54, 1.807) is 0 Å². The van der Waals surface area contributed by atoms with E-state index in [1.807, 2.05) is 51.1 Å². The van der Waals surface area contributed by atoms with Gasteiger partial charge in [-0.1, -0.05) is 29.8 Å². The Morgan fingerprint density at radius 2 is 2.04 bits per heavy atom. The highest BCUT2D eigenvalue weighted by molar-refractivity contribution is 6.31. The zero-order valence-electron chi connectivity index (χ0n) is 15.8. The van der Waals surface area contributed by atoms with Gasteiger partial charge in [0.25, 0.3) is 0 Å². The smallest absolute Gasteiger partial charge is 0.232 e. The van der Waals surface area contributed by atoms with Gasteiger partial charge in [-0.15, -0.1) is 0 Å². The Balaban J connectivity index is 1.59. The first-order chi connectivity index (χ1) is 13.0. The number of Topliss-reactive ketones (excluding diaryl/α,β-unsaturated/α-hetero) is 1. The van der Waals surface area contributed by atoms with E-state index in [4.69, 9.17) is 21.1 Å². The van der Waals surface area contributed by atoms with Crippen molar-refractivity contribution in [3.05, 3.63) is 68.9 Å². The lowest BCUT2D eigenvalue weighted by molar-refractivity contribution is 0.0948. The average molecular weight is 384 g/mol. The summed E-state index contributed by atoms with van der Waals surface area (Å²) in [4.78, 5) is 14.9. The molecule has 0 radical (unpaired) electrons. The molecule has 0 unspecified atom stereocenters. The average Bonchev–Trinajstić information content (AvgIpc) is 3.00. The lowest BCUT2D eigenvalue weighted by Crippen LogP contribution is -2.34. The minimum absolute atomic E-state index is 0.0292. The first kappa shape index (κ1) is 18.1. The largest absolute Gasteiger partial charge is 0.478 e. The summed E-state index contributed by atoms with van der Waals surface area (Å²) >= 11 is 6.27. The van der Waals surface area contributed by atoms with Crippen LogP contribution in [-0.2, 0) is 13.0 Å². The van der Waals surface area contributed by atoms with Crippen LogP contribution in [0.3, 0.4) is 0 Å². The van der Waals surface area contributed by atoms with Gasteiger partial charge in [-0.2, -0.15) is 0 Å². The molecular weight excluding hydrogens is 362 g/mol. The highest BCUT2D eigenvalue weighted by atomic mass is 35.5. The van der Waals surface area contributed by atoms with Crippen LogP contribution in [0.15, 0.2) is 41.7 Å². The number of aryl methyl sites for hydroxylation is 1. The minimum Gasteiger partial charge on any atom is -0.478 e. The number of carbonyl (C=O) groups excluding carboxylic acids is 1. The Bertz CT molecular complexity index is 960. The highest BCUT2D eigenvalue weighted by Gasteiger charge is 2.35. The summed E-state index contributed by atoms with van der Waals surface area (Å²) in [6.45, 7) is 7.74. The molecule has 4 rings (SSSR count). The van der Waals surface area contributed by atoms with E-state index in [0.717, 1.165) is 46.0 Å². The number of rotatable bonds is 3. The summed E-state index contributed by atoms with van der Waals surface area (Å²) in [5.74, 6) is 1.88. The number of halogens is 1. The van der Waals surface area contributed by atoms with E-state index in [-0.39, 0.29) is 5.78 Å². The summed E-state index contributed by atoms with van der Waals surface area (Å²) in [5.41, 5.74) is 4.52. The standard InChI is InChI=1S/C22H22ClNO3/c1-13(2)21-20(25)19-14(3)10-18-16(22(19)27-21)11-24(12-26-18)9-8-15-6-4-5-7-17(15)23/h4-7,10H,8-9,11-12H2,1-3H3. The minimum atomic E-state index is -0.0292. The fourth-order valence-corrected chi connectivity index (χ4v) is 3.85. The SMILES string of the molecule is CC(C)=C1Oc2c3c(cc(C)c2C1=O)OCN(CCc1ccccc1Cl)C3. The van der Waals surface area contributed by atoms with Gasteiger partial charge in [0.1, 0.15) is 18.2 Å². The second kappa shape index (κ2) is 7.02. The Morgan fingerprint density at radius 1 is 1.26 bits per heavy atom. The van der Waals surface area contributed by atoms with E-state index < -0.39 is 0 Å². The van der Waals surface area contributed by atoms with Crippen molar-refractivity contribution in [2.24, 2.45) is 0 Å².